The lowest BCUT2D eigenvalue weighted by Gasteiger charge is -2.39. The Kier molecular flexibility index (Phi) is 5.83. The van der Waals surface area contributed by atoms with Crippen LogP contribution in [0.1, 0.15) is 71.6 Å². The van der Waals surface area contributed by atoms with Crippen LogP contribution in [0.3, 0.4) is 0 Å². The number of hydrogen-bond donors (Lipinski definition) is 1. The summed E-state index contributed by atoms with van der Waals surface area (Å²) in [6.07, 6.45) is 2.78. The molecule has 2 aromatic rings. The second-order valence-corrected chi connectivity index (χ2v) is 9.38. The van der Waals surface area contributed by atoms with Crippen molar-refractivity contribution in [1.82, 2.24) is 20.0 Å². The van der Waals surface area contributed by atoms with Gasteiger partial charge in [-0.1, -0.05) is 19.9 Å². The highest BCUT2D eigenvalue weighted by Crippen LogP contribution is 2.49. The van der Waals surface area contributed by atoms with Gasteiger partial charge in [0.25, 0.3) is 5.91 Å². The van der Waals surface area contributed by atoms with Crippen molar-refractivity contribution in [2.24, 2.45) is 11.3 Å². The number of carboxylic acid groups (broad SMARTS) is 1. The van der Waals surface area contributed by atoms with Gasteiger partial charge < -0.3 is 14.4 Å². The van der Waals surface area contributed by atoms with E-state index in [2.05, 4.69) is 28.9 Å². The lowest BCUT2D eigenvalue weighted by Crippen LogP contribution is -2.44. The molecule has 0 bridgehead atoms. The number of aromatic nitrogens is 2. The zero-order valence-corrected chi connectivity index (χ0v) is 18.4. The SMILES string of the molecule is Cc1nnc(C2CC3(CCN(C(=O)c4cccc(C(=O)O)c4)CC3)CN2CC(C)C)o1. The van der Waals surface area contributed by atoms with Crippen molar-refractivity contribution in [3.63, 3.8) is 0 Å². The van der Waals surface area contributed by atoms with Crippen molar-refractivity contribution < 1.29 is 19.1 Å². The number of carbonyl (C=O) groups excluding carboxylic acids is 1. The minimum absolute atomic E-state index is 0.0981. The number of rotatable bonds is 5. The summed E-state index contributed by atoms with van der Waals surface area (Å²) in [5.41, 5.74) is 0.696. The maximum Gasteiger partial charge on any atom is 0.335 e. The molecule has 8 heteroatoms. The van der Waals surface area contributed by atoms with Gasteiger partial charge in [-0.3, -0.25) is 9.69 Å². The fourth-order valence-electron chi connectivity index (χ4n) is 5.01. The molecular weight excluding hydrogens is 396 g/mol. The summed E-state index contributed by atoms with van der Waals surface area (Å²) in [6, 6.07) is 6.40. The average molecular weight is 427 g/mol. The number of hydrogen-bond acceptors (Lipinski definition) is 6. The van der Waals surface area contributed by atoms with Crippen LogP contribution in [0.15, 0.2) is 28.7 Å². The van der Waals surface area contributed by atoms with Gasteiger partial charge in [0.2, 0.25) is 11.8 Å². The lowest BCUT2D eigenvalue weighted by molar-refractivity contribution is 0.0587. The lowest BCUT2D eigenvalue weighted by atomic mass is 9.76. The molecule has 8 nitrogen and oxygen atoms in total. The van der Waals surface area contributed by atoms with Crippen LogP contribution in [-0.2, 0) is 0 Å². The number of amides is 1. The highest BCUT2D eigenvalue weighted by molar-refractivity contribution is 5.97. The summed E-state index contributed by atoms with van der Waals surface area (Å²) in [5.74, 6) is 0.693. The van der Waals surface area contributed by atoms with Crippen molar-refractivity contribution in [2.45, 2.75) is 46.1 Å². The van der Waals surface area contributed by atoms with Crippen LogP contribution in [0, 0.1) is 18.3 Å². The third kappa shape index (κ3) is 4.49. The Hall–Kier alpha value is -2.74. The van der Waals surface area contributed by atoms with Crippen LogP contribution in [0.5, 0.6) is 0 Å². The molecule has 31 heavy (non-hydrogen) atoms. The summed E-state index contributed by atoms with van der Waals surface area (Å²) in [4.78, 5) is 28.5. The van der Waals surface area contributed by atoms with Crippen LogP contribution < -0.4 is 0 Å². The van der Waals surface area contributed by atoms with E-state index in [4.69, 9.17) is 4.42 Å². The van der Waals surface area contributed by atoms with Crippen LogP contribution >= 0.6 is 0 Å². The third-order valence-corrected chi connectivity index (χ3v) is 6.50. The third-order valence-electron chi connectivity index (χ3n) is 6.50. The van der Waals surface area contributed by atoms with E-state index in [0.717, 1.165) is 32.4 Å². The molecule has 4 rings (SSSR count). The first-order valence-electron chi connectivity index (χ1n) is 10.9. The van der Waals surface area contributed by atoms with Crippen molar-refractivity contribution >= 4 is 11.9 Å². The smallest absolute Gasteiger partial charge is 0.335 e. The fraction of sp³-hybridized carbons (Fsp3) is 0.565. The number of nitrogens with zero attached hydrogens (tertiary/aromatic N) is 4. The molecule has 2 aliphatic heterocycles. The maximum absolute atomic E-state index is 13.0. The van der Waals surface area contributed by atoms with Crippen molar-refractivity contribution in [3.05, 3.63) is 47.2 Å². The van der Waals surface area contributed by atoms with Gasteiger partial charge in [0, 0.05) is 38.7 Å². The molecule has 0 saturated carbocycles. The van der Waals surface area contributed by atoms with E-state index in [-0.39, 0.29) is 22.9 Å². The monoisotopic (exact) mass is 426 g/mol. The summed E-state index contributed by atoms with van der Waals surface area (Å²) in [5, 5.41) is 17.5. The molecule has 1 aromatic heterocycles. The van der Waals surface area contributed by atoms with E-state index in [1.807, 2.05) is 11.8 Å². The molecule has 2 saturated heterocycles. The first kappa shape index (κ1) is 21.5. The number of likely N-dealkylation sites (tertiary alicyclic amines) is 2. The summed E-state index contributed by atoms with van der Waals surface area (Å²) in [6.45, 7) is 9.52. The number of benzene rings is 1. The number of aromatic carboxylic acids is 1. The normalized spacial score (nSPS) is 21.2. The van der Waals surface area contributed by atoms with Crippen molar-refractivity contribution in [3.8, 4) is 0 Å². The quantitative estimate of drug-likeness (QED) is 0.782. The second kappa shape index (κ2) is 8.42. The molecule has 1 unspecified atom stereocenters. The minimum Gasteiger partial charge on any atom is -0.478 e. The van der Waals surface area contributed by atoms with Crippen LogP contribution in [0.25, 0.3) is 0 Å². The maximum atomic E-state index is 13.0. The standard InChI is InChI=1S/C23H30N4O4/c1-15(2)13-27-14-23(12-19(27)20-25-24-16(3)31-20)7-9-26(10-8-23)21(28)17-5-4-6-18(11-17)22(29)30/h4-6,11,15,19H,7-10,12-14H2,1-3H3,(H,29,30). The number of piperidine rings is 1. The molecular formula is C23H30N4O4. The molecule has 1 spiro atoms. The zero-order valence-electron chi connectivity index (χ0n) is 18.4. The predicted octanol–water partition coefficient (Wildman–Crippen LogP) is 3.40. The zero-order chi connectivity index (χ0) is 22.2. The van der Waals surface area contributed by atoms with Gasteiger partial charge in [0.05, 0.1) is 11.6 Å². The van der Waals surface area contributed by atoms with E-state index in [1.54, 1.807) is 12.1 Å². The highest BCUT2D eigenvalue weighted by Gasteiger charge is 2.48. The van der Waals surface area contributed by atoms with Crippen molar-refractivity contribution in [1.29, 1.82) is 0 Å². The van der Waals surface area contributed by atoms with E-state index < -0.39 is 5.97 Å². The van der Waals surface area contributed by atoms with E-state index in [1.165, 1.54) is 12.1 Å². The molecule has 0 radical (unpaired) electrons. The number of carboxylic acids is 1. The summed E-state index contributed by atoms with van der Waals surface area (Å²) in [7, 11) is 0. The molecule has 166 valence electrons. The topological polar surface area (TPSA) is 99.8 Å². The summed E-state index contributed by atoms with van der Waals surface area (Å²) < 4.78 is 5.78. The predicted molar refractivity (Wildman–Crippen MR) is 114 cm³/mol. The molecule has 1 aromatic carbocycles. The molecule has 1 atom stereocenters. The van der Waals surface area contributed by atoms with Crippen LogP contribution in [0.2, 0.25) is 0 Å². The molecule has 3 heterocycles. The Balaban J connectivity index is 1.46. The first-order valence-corrected chi connectivity index (χ1v) is 10.9. The molecule has 1 N–H and O–H groups in total. The summed E-state index contributed by atoms with van der Waals surface area (Å²) >= 11 is 0. The molecule has 0 aliphatic carbocycles. The van der Waals surface area contributed by atoms with E-state index in [9.17, 15) is 14.7 Å². The van der Waals surface area contributed by atoms with Gasteiger partial charge >= 0.3 is 5.97 Å². The largest absolute Gasteiger partial charge is 0.478 e. The first-order chi connectivity index (χ1) is 14.8. The van der Waals surface area contributed by atoms with Gasteiger partial charge in [0.15, 0.2) is 0 Å². The van der Waals surface area contributed by atoms with Gasteiger partial charge in [-0.05, 0) is 48.8 Å². The Morgan fingerprint density at radius 1 is 1.23 bits per heavy atom. The van der Waals surface area contributed by atoms with Gasteiger partial charge in [-0.15, -0.1) is 10.2 Å². The molecule has 2 fully saturated rings. The van der Waals surface area contributed by atoms with Gasteiger partial charge in [-0.25, -0.2) is 4.79 Å². The highest BCUT2D eigenvalue weighted by atomic mass is 16.4. The Labute approximate surface area is 182 Å². The number of aryl methyl sites for hydroxylation is 1. The van der Waals surface area contributed by atoms with E-state index >= 15 is 0 Å². The Morgan fingerprint density at radius 3 is 2.55 bits per heavy atom. The Bertz CT molecular complexity index is 962. The molecule has 2 aliphatic rings. The minimum atomic E-state index is -1.02. The average Bonchev–Trinajstić information content (AvgIpc) is 3.31. The second-order valence-electron chi connectivity index (χ2n) is 9.38. The molecule has 1 amide bonds. The number of carbonyl (C=O) groups is 2. The Morgan fingerprint density at radius 2 is 1.94 bits per heavy atom. The fourth-order valence-corrected chi connectivity index (χ4v) is 5.01. The van der Waals surface area contributed by atoms with E-state index in [0.29, 0.717) is 36.4 Å². The van der Waals surface area contributed by atoms with Crippen LogP contribution in [-0.4, -0.2) is 63.2 Å². The van der Waals surface area contributed by atoms with Crippen molar-refractivity contribution in [2.75, 3.05) is 26.2 Å². The van der Waals surface area contributed by atoms with Crippen LogP contribution in [0.4, 0.5) is 0 Å². The van der Waals surface area contributed by atoms with Gasteiger partial charge in [0.1, 0.15) is 0 Å². The van der Waals surface area contributed by atoms with Gasteiger partial charge in [-0.2, -0.15) is 0 Å².